The van der Waals surface area contributed by atoms with Gasteiger partial charge in [0.15, 0.2) is 0 Å². The molecule has 0 atom stereocenters. The fraction of sp³-hybridized carbons (Fsp3) is 0.562. The molecule has 1 aromatic rings. The quantitative estimate of drug-likeness (QED) is 0.874. The van der Waals surface area contributed by atoms with Gasteiger partial charge in [-0.05, 0) is 37.1 Å². The molecule has 5 nitrogen and oxygen atoms in total. The molecule has 1 saturated carbocycles. The predicted molar refractivity (Wildman–Crippen MR) is 86.3 cm³/mol. The molecule has 0 aliphatic heterocycles. The van der Waals surface area contributed by atoms with Gasteiger partial charge in [0.05, 0.1) is 4.90 Å². The molecule has 1 aliphatic rings. The van der Waals surface area contributed by atoms with Crippen LogP contribution in [0.1, 0.15) is 49.9 Å². The molecule has 1 N–H and O–H groups in total. The average Bonchev–Trinajstić information content (AvgIpc) is 3.01. The Morgan fingerprint density at radius 3 is 2.18 bits per heavy atom. The Labute approximate surface area is 132 Å². The highest BCUT2D eigenvalue weighted by atomic mass is 32.2. The maximum Gasteiger partial charge on any atom is 0.251 e. The number of rotatable bonds is 6. The van der Waals surface area contributed by atoms with Crippen LogP contribution in [0.25, 0.3) is 0 Å². The minimum absolute atomic E-state index is 0.126. The summed E-state index contributed by atoms with van der Waals surface area (Å²) >= 11 is 0. The van der Waals surface area contributed by atoms with E-state index >= 15 is 0 Å². The summed E-state index contributed by atoms with van der Waals surface area (Å²) in [5, 5.41) is 3.00. The van der Waals surface area contributed by atoms with Crippen molar-refractivity contribution in [3.63, 3.8) is 0 Å². The molecule has 0 aromatic heterocycles. The number of sulfonamides is 1. The molecule has 22 heavy (non-hydrogen) atoms. The van der Waals surface area contributed by atoms with Gasteiger partial charge in [-0.25, -0.2) is 8.42 Å². The molecule has 0 bridgehead atoms. The lowest BCUT2D eigenvalue weighted by Gasteiger charge is -2.18. The Hall–Kier alpha value is -1.40. The minimum Gasteiger partial charge on any atom is -0.349 e. The SMILES string of the molecule is CCN(CC)S(=O)(=O)c1ccc(C(=O)NC2CCCC2)cc1. The lowest BCUT2D eigenvalue weighted by atomic mass is 10.2. The summed E-state index contributed by atoms with van der Waals surface area (Å²) in [6.45, 7) is 4.49. The summed E-state index contributed by atoms with van der Waals surface area (Å²) in [5.74, 6) is -0.126. The van der Waals surface area contributed by atoms with Gasteiger partial charge in [-0.2, -0.15) is 4.31 Å². The summed E-state index contributed by atoms with van der Waals surface area (Å²) < 4.78 is 26.2. The summed E-state index contributed by atoms with van der Waals surface area (Å²) in [5.41, 5.74) is 0.505. The maximum atomic E-state index is 12.4. The first-order valence-electron chi connectivity index (χ1n) is 7.90. The average molecular weight is 324 g/mol. The van der Waals surface area contributed by atoms with Crippen LogP contribution < -0.4 is 5.32 Å². The van der Waals surface area contributed by atoms with E-state index in [2.05, 4.69) is 5.32 Å². The van der Waals surface area contributed by atoms with E-state index in [1.807, 2.05) is 13.8 Å². The molecule has 0 radical (unpaired) electrons. The van der Waals surface area contributed by atoms with Crippen LogP contribution in [0.3, 0.4) is 0 Å². The van der Waals surface area contributed by atoms with E-state index in [1.54, 1.807) is 12.1 Å². The predicted octanol–water partition coefficient (Wildman–Crippen LogP) is 2.39. The molecule has 1 aromatic carbocycles. The second-order valence-electron chi connectivity index (χ2n) is 5.57. The molecule has 1 aliphatic carbocycles. The summed E-state index contributed by atoms with van der Waals surface area (Å²) in [6.07, 6.45) is 4.37. The Balaban J connectivity index is 2.11. The third-order valence-corrected chi connectivity index (χ3v) is 6.21. The molecule has 0 heterocycles. The Kier molecular flexibility index (Phi) is 5.58. The number of benzene rings is 1. The normalized spacial score (nSPS) is 16.1. The van der Waals surface area contributed by atoms with E-state index in [1.165, 1.54) is 16.4 Å². The molecule has 122 valence electrons. The van der Waals surface area contributed by atoms with Crippen LogP contribution in [-0.2, 0) is 10.0 Å². The van der Waals surface area contributed by atoms with Gasteiger partial charge in [0, 0.05) is 24.7 Å². The summed E-state index contributed by atoms with van der Waals surface area (Å²) in [7, 11) is -3.46. The van der Waals surface area contributed by atoms with Crippen molar-refractivity contribution in [3.8, 4) is 0 Å². The molecule has 0 saturated heterocycles. The monoisotopic (exact) mass is 324 g/mol. The molecular formula is C16H24N2O3S. The van der Waals surface area contributed by atoms with E-state index in [0.29, 0.717) is 18.7 Å². The van der Waals surface area contributed by atoms with Crippen molar-refractivity contribution in [1.29, 1.82) is 0 Å². The number of hydrogen-bond acceptors (Lipinski definition) is 3. The standard InChI is InChI=1S/C16H24N2O3S/c1-3-18(4-2)22(20,21)15-11-9-13(10-12-15)16(19)17-14-7-5-6-8-14/h9-12,14H,3-8H2,1-2H3,(H,17,19). The largest absolute Gasteiger partial charge is 0.349 e. The number of hydrogen-bond donors (Lipinski definition) is 1. The molecule has 2 rings (SSSR count). The zero-order chi connectivity index (χ0) is 16.2. The first-order chi connectivity index (χ1) is 10.5. The van der Waals surface area contributed by atoms with Gasteiger partial charge < -0.3 is 5.32 Å². The molecule has 6 heteroatoms. The van der Waals surface area contributed by atoms with Crippen molar-refractivity contribution >= 4 is 15.9 Å². The number of carbonyl (C=O) groups excluding carboxylic acids is 1. The molecule has 0 unspecified atom stereocenters. The van der Waals surface area contributed by atoms with Crippen molar-refractivity contribution in [2.24, 2.45) is 0 Å². The highest BCUT2D eigenvalue weighted by Crippen LogP contribution is 2.19. The first kappa shape index (κ1) is 17.0. The van der Waals surface area contributed by atoms with E-state index < -0.39 is 10.0 Å². The van der Waals surface area contributed by atoms with Gasteiger partial charge in [-0.15, -0.1) is 0 Å². The Bertz CT molecular complexity index is 601. The second-order valence-corrected chi connectivity index (χ2v) is 7.51. The lowest BCUT2D eigenvalue weighted by molar-refractivity contribution is 0.0938. The molecule has 1 fully saturated rings. The van der Waals surface area contributed by atoms with Crippen LogP contribution in [0.4, 0.5) is 0 Å². The second kappa shape index (κ2) is 7.24. The number of amides is 1. The Morgan fingerprint density at radius 2 is 1.68 bits per heavy atom. The van der Waals surface area contributed by atoms with Gasteiger partial charge in [-0.1, -0.05) is 26.7 Å². The van der Waals surface area contributed by atoms with Crippen molar-refractivity contribution in [2.75, 3.05) is 13.1 Å². The van der Waals surface area contributed by atoms with Gasteiger partial charge in [0.1, 0.15) is 0 Å². The van der Waals surface area contributed by atoms with Gasteiger partial charge in [0.2, 0.25) is 10.0 Å². The van der Waals surface area contributed by atoms with Gasteiger partial charge >= 0.3 is 0 Å². The van der Waals surface area contributed by atoms with Crippen LogP contribution in [-0.4, -0.2) is 37.8 Å². The lowest BCUT2D eigenvalue weighted by Crippen LogP contribution is -2.33. The molecular weight excluding hydrogens is 300 g/mol. The smallest absolute Gasteiger partial charge is 0.251 e. The van der Waals surface area contributed by atoms with Crippen LogP contribution in [0.15, 0.2) is 29.2 Å². The van der Waals surface area contributed by atoms with Crippen molar-refractivity contribution < 1.29 is 13.2 Å². The third-order valence-electron chi connectivity index (χ3n) is 4.15. The summed E-state index contributed by atoms with van der Waals surface area (Å²) in [4.78, 5) is 12.4. The topological polar surface area (TPSA) is 66.5 Å². The van der Waals surface area contributed by atoms with Crippen LogP contribution in [0.2, 0.25) is 0 Å². The zero-order valence-electron chi connectivity index (χ0n) is 13.2. The highest BCUT2D eigenvalue weighted by Gasteiger charge is 2.22. The summed E-state index contributed by atoms with van der Waals surface area (Å²) in [6, 6.07) is 6.45. The van der Waals surface area contributed by atoms with E-state index in [0.717, 1.165) is 25.7 Å². The van der Waals surface area contributed by atoms with E-state index in [9.17, 15) is 13.2 Å². The molecule has 0 spiro atoms. The van der Waals surface area contributed by atoms with Crippen LogP contribution in [0, 0.1) is 0 Å². The minimum atomic E-state index is -3.46. The van der Waals surface area contributed by atoms with Crippen molar-refractivity contribution in [1.82, 2.24) is 9.62 Å². The highest BCUT2D eigenvalue weighted by molar-refractivity contribution is 7.89. The van der Waals surface area contributed by atoms with Crippen LogP contribution >= 0.6 is 0 Å². The van der Waals surface area contributed by atoms with Gasteiger partial charge in [-0.3, -0.25) is 4.79 Å². The maximum absolute atomic E-state index is 12.4. The number of nitrogens with one attached hydrogen (secondary N) is 1. The van der Waals surface area contributed by atoms with E-state index in [-0.39, 0.29) is 16.8 Å². The Morgan fingerprint density at radius 1 is 1.14 bits per heavy atom. The fourth-order valence-electron chi connectivity index (χ4n) is 2.83. The van der Waals surface area contributed by atoms with Crippen LogP contribution in [0.5, 0.6) is 0 Å². The number of nitrogens with zero attached hydrogens (tertiary/aromatic N) is 1. The van der Waals surface area contributed by atoms with Crippen molar-refractivity contribution in [2.45, 2.75) is 50.5 Å². The first-order valence-corrected chi connectivity index (χ1v) is 9.34. The third kappa shape index (κ3) is 3.67. The fourth-order valence-corrected chi connectivity index (χ4v) is 4.29. The van der Waals surface area contributed by atoms with E-state index in [4.69, 9.17) is 0 Å². The number of carbonyl (C=O) groups is 1. The van der Waals surface area contributed by atoms with Crippen molar-refractivity contribution in [3.05, 3.63) is 29.8 Å². The molecule has 1 amide bonds. The zero-order valence-corrected chi connectivity index (χ0v) is 14.0. The van der Waals surface area contributed by atoms with Gasteiger partial charge in [0.25, 0.3) is 5.91 Å².